The third kappa shape index (κ3) is 10.1. The molecule has 0 aromatic heterocycles. The quantitative estimate of drug-likeness (QED) is 0.215. The van der Waals surface area contributed by atoms with E-state index in [0.717, 1.165) is 6.42 Å². The number of methoxy groups -OCH3 is 1. The average molecular weight is 608 g/mol. The zero-order valence-corrected chi connectivity index (χ0v) is 26.5. The molecule has 0 aliphatic carbocycles. The summed E-state index contributed by atoms with van der Waals surface area (Å²) in [6, 6.07) is 10.1. The van der Waals surface area contributed by atoms with Crippen LogP contribution >= 0.6 is 7.55 Å². The lowest BCUT2D eigenvalue weighted by molar-refractivity contribution is 0.0810. The lowest BCUT2D eigenvalue weighted by atomic mass is 10.1. The highest BCUT2D eigenvalue weighted by Gasteiger charge is 2.33. The molecule has 2 aromatic carbocycles. The molecule has 0 fully saturated rings. The molecule has 0 heterocycles. The zero-order chi connectivity index (χ0) is 30.7. The Morgan fingerprint density at radius 3 is 2.20 bits per heavy atom. The Labute approximate surface area is 245 Å². The van der Waals surface area contributed by atoms with Crippen LogP contribution in [0.5, 0.6) is 5.75 Å². The second-order valence-corrected chi connectivity index (χ2v) is 14.4. The van der Waals surface area contributed by atoms with E-state index in [9.17, 15) is 23.1 Å². The first-order chi connectivity index (χ1) is 19.3. The average Bonchev–Trinajstić information content (AvgIpc) is 2.94. The molecule has 2 amide bonds. The van der Waals surface area contributed by atoms with Gasteiger partial charge in [-0.15, -0.1) is 0 Å². The van der Waals surface area contributed by atoms with Crippen molar-refractivity contribution in [1.82, 2.24) is 14.9 Å². The number of hydrogen-bond acceptors (Lipinski definition) is 7. The summed E-state index contributed by atoms with van der Waals surface area (Å²) < 4.78 is 33.5. The summed E-state index contributed by atoms with van der Waals surface area (Å²) >= 11 is 0. The van der Waals surface area contributed by atoms with Crippen LogP contribution in [0.4, 0.5) is 5.69 Å². The topological polar surface area (TPSA) is 137 Å². The first-order valence-corrected chi connectivity index (χ1v) is 17.2. The number of aliphatic hydroxyl groups excluding tert-OH is 1. The number of anilines is 1. The van der Waals surface area contributed by atoms with Crippen molar-refractivity contribution < 1.29 is 27.9 Å². The standard InChI is InChI=1S/C29H43N4O6PS/c1-8-13-31-28(35)21-14-22(16-23(15-21)30-4)29(36)32-26(19-40(6)7)27(34)18-33(17-20(2)3)41(37,38)25-11-9-24(39-5)10-12-25/h9-12,14-16,20,26-27,30,34H,6,8,13,17-19H2,1-5,7H3,(H-,31,32,35,36)/p+1. The number of sulfonamides is 1. The predicted molar refractivity (Wildman–Crippen MR) is 167 cm³/mol. The third-order valence-electron chi connectivity index (χ3n) is 6.23. The SMILES string of the molecule is C=[P+](C)CC(NC(=O)c1cc(NC)cc(C(=O)NCCC)c1)C(O)CN(CC(C)C)S(=O)(=O)c1ccc(OC)cc1. The summed E-state index contributed by atoms with van der Waals surface area (Å²) in [6.45, 7) is 8.12. The Balaban J connectivity index is 2.35. The second-order valence-electron chi connectivity index (χ2n) is 10.4. The number of ether oxygens (including phenoxy) is 1. The number of hydrogen-bond donors (Lipinski definition) is 4. The van der Waals surface area contributed by atoms with E-state index in [1.165, 1.54) is 29.6 Å². The molecule has 3 unspecified atom stereocenters. The monoisotopic (exact) mass is 607 g/mol. The van der Waals surface area contributed by atoms with Gasteiger partial charge < -0.3 is 25.8 Å². The fourth-order valence-corrected chi connectivity index (χ4v) is 6.76. The summed E-state index contributed by atoms with van der Waals surface area (Å²) in [5.74, 6) is -0.262. The van der Waals surface area contributed by atoms with E-state index in [4.69, 9.17) is 4.74 Å². The minimum absolute atomic E-state index is 0.0130. The van der Waals surface area contributed by atoms with Gasteiger partial charge in [0.25, 0.3) is 11.8 Å². The minimum atomic E-state index is -3.95. The van der Waals surface area contributed by atoms with Crippen molar-refractivity contribution in [3.05, 3.63) is 53.6 Å². The van der Waals surface area contributed by atoms with Gasteiger partial charge in [-0.25, -0.2) is 8.42 Å². The molecule has 0 saturated heterocycles. The molecule has 0 bridgehead atoms. The lowest BCUT2D eigenvalue weighted by Crippen LogP contribution is -2.51. The first kappa shape index (κ1) is 34.2. The zero-order valence-electron chi connectivity index (χ0n) is 24.8. The molecule has 12 heteroatoms. The van der Waals surface area contributed by atoms with E-state index in [1.807, 2.05) is 27.4 Å². The molecule has 0 aliphatic rings. The van der Waals surface area contributed by atoms with Gasteiger partial charge in [-0.1, -0.05) is 20.8 Å². The Kier molecular flexibility index (Phi) is 13.2. The number of nitrogens with zero attached hydrogens (tertiary/aromatic N) is 1. The van der Waals surface area contributed by atoms with Crippen molar-refractivity contribution >= 4 is 41.4 Å². The molecule has 0 saturated carbocycles. The van der Waals surface area contributed by atoms with Crippen molar-refractivity contribution in [3.63, 3.8) is 0 Å². The highest BCUT2D eigenvalue weighted by Crippen LogP contribution is 2.23. The van der Waals surface area contributed by atoms with Gasteiger partial charge in [0.05, 0.1) is 44.7 Å². The maximum atomic E-state index is 13.6. The van der Waals surface area contributed by atoms with Crippen LogP contribution < -0.4 is 20.7 Å². The van der Waals surface area contributed by atoms with E-state index in [-0.39, 0.29) is 35.4 Å². The van der Waals surface area contributed by atoms with Crippen molar-refractivity contribution in [2.45, 2.75) is 44.2 Å². The summed E-state index contributed by atoms with van der Waals surface area (Å²) in [7, 11) is -1.56. The maximum Gasteiger partial charge on any atom is 0.251 e. The molecule has 0 aliphatic heterocycles. The number of nitrogens with one attached hydrogen (secondary N) is 3. The summed E-state index contributed by atoms with van der Waals surface area (Å²) in [5.41, 5.74) is 1.15. The Bertz CT molecular complexity index is 1300. The van der Waals surface area contributed by atoms with Gasteiger partial charge >= 0.3 is 0 Å². The van der Waals surface area contributed by atoms with Crippen LogP contribution in [-0.2, 0) is 10.0 Å². The minimum Gasteiger partial charge on any atom is -0.497 e. The second kappa shape index (κ2) is 15.9. The number of benzene rings is 2. The third-order valence-corrected chi connectivity index (χ3v) is 9.09. The molecular formula is C29H44N4O6PS+. The largest absolute Gasteiger partial charge is 0.497 e. The Morgan fingerprint density at radius 2 is 1.68 bits per heavy atom. The van der Waals surface area contributed by atoms with E-state index in [1.54, 1.807) is 31.3 Å². The summed E-state index contributed by atoms with van der Waals surface area (Å²) in [4.78, 5) is 26.1. The smallest absolute Gasteiger partial charge is 0.251 e. The summed E-state index contributed by atoms with van der Waals surface area (Å²) in [6.07, 6.45) is 4.01. The van der Waals surface area contributed by atoms with Crippen LogP contribution in [0.25, 0.3) is 0 Å². The van der Waals surface area contributed by atoms with E-state index >= 15 is 0 Å². The Morgan fingerprint density at radius 1 is 1.07 bits per heavy atom. The van der Waals surface area contributed by atoms with Crippen molar-refractivity contribution in [2.24, 2.45) is 5.92 Å². The van der Waals surface area contributed by atoms with Gasteiger partial charge in [0.2, 0.25) is 10.0 Å². The van der Waals surface area contributed by atoms with Crippen LogP contribution in [0.3, 0.4) is 0 Å². The van der Waals surface area contributed by atoms with Gasteiger partial charge in [0.15, 0.2) is 0 Å². The molecule has 0 spiro atoms. The van der Waals surface area contributed by atoms with Crippen LogP contribution in [0, 0.1) is 5.92 Å². The van der Waals surface area contributed by atoms with Gasteiger partial charge in [0, 0.05) is 43.5 Å². The normalized spacial score (nSPS) is 13.4. The maximum absolute atomic E-state index is 13.6. The van der Waals surface area contributed by atoms with Gasteiger partial charge in [0.1, 0.15) is 11.9 Å². The van der Waals surface area contributed by atoms with Crippen LogP contribution in [0.15, 0.2) is 47.4 Å². The van der Waals surface area contributed by atoms with Gasteiger partial charge in [-0.2, -0.15) is 4.31 Å². The van der Waals surface area contributed by atoms with Crippen molar-refractivity contribution in [1.29, 1.82) is 0 Å². The molecule has 226 valence electrons. The number of rotatable bonds is 16. The number of carbonyl (C=O) groups is 2. The first-order valence-electron chi connectivity index (χ1n) is 13.6. The molecule has 3 atom stereocenters. The number of carbonyl (C=O) groups excluding carboxylic acids is 2. The highest BCUT2D eigenvalue weighted by atomic mass is 32.2. The van der Waals surface area contributed by atoms with E-state index in [2.05, 4.69) is 22.2 Å². The number of aliphatic hydroxyl groups is 1. The molecule has 10 nitrogen and oxygen atoms in total. The molecule has 2 rings (SSSR count). The number of amides is 2. The van der Waals surface area contributed by atoms with E-state index in [0.29, 0.717) is 29.7 Å². The van der Waals surface area contributed by atoms with Crippen molar-refractivity contribution in [3.8, 4) is 5.75 Å². The van der Waals surface area contributed by atoms with Gasteiger partial charge in [-0.3, -0.25) is 9.59 Å². The van der Waals surface area contributed by atoms with Crippen LogP contribution in [-0.4, -0.2) is 94.7 Å². The molecule has 41 heavy (non-hydrogen) atoms. The van der Waals surface area contributed by atoms with Crippen LogP contribution in [0.1, 0.15) is 47.9 Å². The Hall–Kier alpha value is -2.98. The van der Waals surface area contributed by atoms with E-state index < -0.39 is 35.6 Å². The highest BCUT2D eigenvalue weighted by molar-refractivity contribution is 7.89. The van der Waals surface area contributed by atoms with Gasteiger partial charge in [-0.05, 0) is 54.8 Å². The van der Waals surface area contributed by atoms with Crippen LogP contribution in [0.2, 0.25) is 0 Å². The predicted octanol–water partition coefficient (Wildman–Crippen LogP) is 3.23. The molecule has 2 aromatic rings. The fraction of sp³-hybridized carbons (Fsp3) is 0.483. The lowest BCUT2D eigenvalue weighted by Gasteiger charge is -2.29. The molecule has 0 radical (unpaired) electrons. The fourth-order valence-electron chi connectivity index (χ4n) is 4.14. The molecule has 4 N–H and O–H groups in total. The summed E-state index contributed by atoms with van der Waals surface area (Å²) in [5, 5.41) is 20.0. The molecular weight excluding hydrogens is 563 g/mol. The van der Waals surface area contributed by atoms with Crippen molar-refractivity contribution in [2.75, 3.05) is 51.9 Å².